The summed E-state index contributed by atoms with van der Waals surface area (Å²) < 4.78 is 0. The van der Waals surface area contributed by atoms with Crippen LogP contribution >= 0.6 is 0 Å². The average Bonchev–Trinajstić information content (AvgIpc) is 3.11. The molecule has 146 valence electrons. The van der Waals surface area contributed by atoms with Crippen molar-refractivity contribution in [3.8, 4) is 0 Å². The topological polar surface area (TPSA) is 74.3 Å². The molecule has 3 amide bonds. The van der Waals surface area contributed by atoms with Crippen LogP contribution in [-0.2, 0) is 11.2 Å². The van der Waals surface area contributed by atoms with Gasteiger partial charge in [-0.15, -0.1) is 0 Å². The van der Waals surface area contributed by atoms with Gasteiger partial charge in [0.05, 0.1) is 6.04 Å². The van der Waals surface area contributed by atoms with Crippen molar-refractivity contribution in [3.05, 3.63) is 59.3 Å². The lowest BCUT2D eigenvalue weighted by Crippen LogP contribution is -2.46. The number of carbonyl (C=O) groups excluding carboxylic acids is 2. The lowest BCUT2D eigenvalue weighted by atomic mass is 9.96. The van der Waals surface area contributed by atoms with Crippen molar-refractivity contribution in [1.29, 1.82) is 0 Å². The van der Waals surface area contributed by atoms with Gasteiger partial charge in [0, 0.05) is 25.2 Å². The number of piperidine rings is 1. The summed E-state index contributed by atoms with van der Waals surface area (Å²) in [5.74, 6) is 0.492. The third-order valence-electron chi connectivity index (χ3n) is 5.75. The zero-order chi connectivity index (χ0) is 19.5. The number of benzene rings is 1. The molecule has 2 aromatic rings. The van der Waals surface area contributed by atoms with Gasteiger partial charge in [-0.1, -0.05) is 24.3 Å². The van der Waals surface area contributed by atoms with E-state index in [-0.39, 0.29) is 23.9 Å². The monoisotopic (exact) mass is 378 g/mol. The molecule has 28 heavy (non-hydrogen) atoms. The van der Waals surface area contributed by atoms with E-state index in [1.54, 1.807) is 6.20 Å². The Morgan fingerprint density at radius 1 is 1.11 bits per heavy atom. The molecule has 1 saturated heterocycles. The first-order chi connectivity index (χ1) is 13.6. The first-order valence-corrected chi connectivity index (χ1v) is 9.97. The number of rotatable bonds is 3. The van der Waals surface area contributed by atoms with Gasteiger partial charge in [-0.25, -0.2) is 9.78 Å². The number of aryl methyl sites for hydroxylation is 2. The number of fused-ring (bicyclic) bond motifs is 1. The Labute approximate surface area is 165 Å². The minimum absolute atomic E-state index is 0.0112. The predicted octanol–water partition coefficient (Wildman–Crippen LogP) is 3.44. The van der Waals surface area contributed by atoms with Crippen LogP contribution in [0.25, 0.3) is 0 Å². The van der Waals surface area contributed by atoms with Crippen molar-refractivity contribution >= 4 is 17.8 Å². The minimum atomic E-state index is -0.0847. The van der Waals surface area contributed by atoms with E-state index < -0.39 is 0 Å². The van der Waals surface area contributed by atoms with E-state index >= 15 is 0 Å². The molecule has 6 nitrogen and oxygen atoms in total. The summed E-state index contributed by atoms with van der Waals surface area (Å²) in [5, 5.41) is 6.07. The average molecular weight is 378 g/mol. The van der Waals surface area contributed by atoms with Gasteiger partial charge in [-0.3, -0.25) is 4.79 Å². The summed E-state index contributed by atoms with van der Waals surface area (Å²) in [4.78, 5) is 31.2. The highest BCUT2D eigenvalue weighted by Gasteiger charge is 2.30. The minimum Gasteiger partial charge on any atom is -0.331 e. The molecule has 2 N–H and O–H groups in total. The second kappa shape index (κ2) is 8.00. The van der Waals surface area contributed by atoms with Gasteiger partial charge < -0.3 is 15.5 Å². The normalized spacial score (nSPS) is 19.2. The van der Waals surface area contributed by atoms with Gasteiger partial charge in [0.15, 0.2) is 0 Å². The smallest absolute Gasteiger partial charge is 0.317 e. The van der Waals surface area contributed by atoms with Crippen LogP contribution in [0.15, 0.2) is 42.6 Å². The van der Waals surface area contributed by atoms with E-state index in [9.17, 15) is 9.59 Å². The van der Waals surface area contributed by atoms with Crippen molar-refractivity contribution in [2.24, 2.45) is 5.92 Å². The van der Waals surface area contributed by atoms with Crippen LogP contribution in [0.1, 0.15) is 42.0 Å². The molecule has 0 unspecified atom stereocenters. The van der Waals surface area contributed by atoms with Crippen molar-refractivity contribution < 1.29 is 9.59 Å². The Hall–Kier alpha value is -2.89. The lowest BCUT2D eigenvalue weighted by Gasteiger charge is -2.32. The quantitative estimate of drug-likeness (QED) is 0.859. The molecule has 0 saturated carbocycles. The maximum absolute atomic E-state index is 12.7. The summed E-state index contributed by atoms with van der Waals surface area (Å²) in [6, 6.07) is 12.1. The van der Waals surface area contributed by atoms with Crippen LogP contribution in [0, 0.1) is 12.8 Å². The van der Waals surface area contributed by atoms with Crippen molar-refractivity contribution in [2.75, 3.05) is 18.4 Å². The second-order valence-electron chi connectivity index (χ2n) is 7.71. The highest BCUT2D eigenvalue weighted by molar-refractivity contribution is 5.92. The number of urea groups is 1. The van der Waals surface area contributed by atoms with Gasteiger partial charge in [0.1, 0.15) is 5.82 Å². The number of anilines is 1. The molecule has 4 rings (SSSR count). The van der Waals surface area contributed by atoms with Crippen molar-refractivity contribution in [1.82, 2.24) is 15.2 Å². The number of hydrogen-bond donors (Lipinski definition) is 2. The zero-order valence-corrected chi connectivity index (χ0v) is 16.1. The summed E-state index contributed by atoms with van der Waals surface area (Å²) in [6.07, 6.45) is 5.00. The van der Waals surface area contributed by atoms with Crippen LogP contribution in [-0.4, -0.2) is 34.9 Å². The number of nitrogens with one attached hydrogen (secondary N) is 2. The van der Waals surface area contributed by atoms with E-state index in [0.29, 0.717) is 31.7 Å². The number of pyridine rings is 1. The van der Waals surface area contributed by atoms with Gasteiger partial charge in [0.2, 0.25) is 5.91 Å². The van der Waals surface area contributed by atoms with Crippen LogP contribution in [0.5, 0.6) is 0 Å². The largest absolute Gasteiger partial charge is 0.331 e. The Bertz CT molecular complexity index is 874. The molecule has 1 aromatic heterocycles. The van der Waals surface area contributed by atoms with Gasteiger partial charge in [-0.05, 0) is 61.4 Å². The number of amides is 3. The van der Waals surface area contributed by atoms with E-state index in [1.165, 1.54) is 11.1 Å². The van der Waals surface area contributed by atoms with Crippen LogP contribution < -0.4 is 10.6 Å². The number of hydrogen-bond acceptors (Lipinski definition) is 3. The van der Waals surface area contributed by atoms with Crippen molar-refractivity contribution in [2.45, 2.75) is 38.6 Å². The number of carbonyl (C=O) groups is 2. The molecule has 2 heterocycles. The number of nitrogens with zero attached hydrogens (tertiary/aromatic N) is 2. The third kappa shape index (κ3) is 4.01. The van der Waals surface area contributed by atoms with Crippen molar-refractivity contribution in [3.63, 3.8) is 0 Å². The number of likely N-dealkylation sites (tertiary alicyclic amines) is 1. The molecule has 1 atom stereocenters. The maximum Gasteiger partial charge on any atom is 0.317 e. The van der Waals surface area contributed by atoms with E-state index in [1.807, 2.05) is 36.1 Å². The number of aromatic nitrogens is 1. The molecular formula is C22H26N4O2. The fraction of sp³-hybridized carbons (Fsp3) is 0.409. The Balaban J connectivity index is 1.28. The molecule has 0 radical (unpaired) electrons. The SMILES string of the molecule is Cc1ccnc(NC(=O)C2CCN(C(=O)N[C@H]3CCc4ccccc43)CC2)c1. The summed E-state index contributed by atoms with van der Waals surface area (Å²) >= 11 is 0. The molecule has 1 aromatic carbocycles. The van der Waals surface area contributed by atoms with E-state index in [2.05, 4.69) is 27.8 Å². The lowest BCUT2D eigenvalue weighted by molar-refractivity contribution is -0.121. The van der Waals surface area contributed by atoms with E-state index in [0.717, 1.165) is 18.4 Å². The van der Waals surface area contributed by atoms with Crippen LogP contribution in [0.2, 0.25) is 0 Å². The van der Waals surface area contributed by atoms with Gasteiger partial charge in [0.25, 0.3) is 0 Å². The third-order valence-corrected chi connectivity index (χ3v) is 5.75. The highest BCUT2D eigenvalue weighted by atomic mass is 16.2. The van der Waals surface area contributed by atoms with E-state index in [4.69, 9.17) is 0 Å². The molecule has 1 aliphatic heterocycles. The molecule has 0 bridgehead atoms. The fourth-order valence-electron chi connectivity index (χ4n) is 4.12. The Morgan fingerprint density at radius 3 is 2.68 bits per heavy atom. The van der Waals surface area contributed by atoms with Crippen LogP contribution in [0.3, 0.4) is 0 Å². The van der Waals surface area contributed by atoms with Crippen LogP contribution in [0.4, 0.5) is 10.6 Å². The Kier molecular flexibility index (Phi) is 5.28. The Morgan fingerprint density at radius 2 is 1.89 bits per heavy atom. The maximum atomic E-state index is 12.7. The first-order valence-electron chi connectivity index (χ1n) is 9.97. The molecule has 1 fully saturated rings. The highest BCUT2D eigenvalue weighted by Crippen LogP contribution is 2.31. The second-order valence-corrected chi connectivity index (χ2v) is 7.71. The molecule has 1 aliphatic carbocycles. The fourth-order valence-corrected chi connectivity index (χ4v) is 4.12. The summed E-state index contributed by atoms with van der Waals surface area (Å²) in [7, 11) is 0. The standard InChI is InChI=1S/C22H26N4O2/c1-15-8-11-23-20(14-15)25-21(27)17-9-12-26(13-10-17)22(28)24-19-7-6-16-4-2-3-5-18(16)19/h2-5,8,11,14,17,19H,6-7,9-10,12-13H2,1H3,(H,24,28)(H,23,25,27)/t19-/m0/s1. The molecule has 0 spiro atoms. The van der Waals surface area contributed by atoms with Gasteiger partial charge >= 0.3 is 6.03 Å². The molecular weight excluding hydrogens is 352 g/mol. The predicted molar refractivity (Wildman–Crippen MR) is 108 cm³/mol. The zero-order valence-electron chi connectivity index (χ0n) is 16.1. The van der Waals surface area contributed by atoms with Gasteiger partial charge in [-0.2, -0.15) is 0 Å². The molecule has 6 heteroatoms. The molecule has 2 aliphatic rings. The first kappa shape index (κ1) is 18.5. The summed E-state index contributed by atoms with van der Waals surface area (Å²) in [5.41, 5.74) is 3.62. The summed E-state index contributed by atoms with van der Waals surface area (Å²) in [6.45, 7) is 3.16.